The molecule has 1 aliphatic rings. The summed E-state index contributed by atoms with van der Waals surface area (Å²) >= 11 is 1.41. The second kappa shape index (κ2) is 10.2. The number of unbranched alkanes of at least 4 members (excludes halogenated alkanes) is 1. The molecule has 2 N–H and O–H groups in total. The third-order valence-corrected chi connectivity index (χ3v) is 5.43. The van der Waals surface area contributed by atoms with Crippen LogP contribution in [0, 0.1) is 0 Å². The predicted octanol–water partition coefficient (Wildman–Crippen LogP) is 2.33. The maximum absolute atomic E-state index is 12.2. The molecule has 1 aromatic carbocycles. The fourth-order valence-electron chi connectivity index (χ4n) is 2.89. The van der Waals surface area contributed by atoms with Crippen molar-refractivity contribution in [2.24, 2.45) is 0 Å². The van der Waals surface area contributed by atoms with Crippen molar-refractivity contribution >= 4 is 28.3 Å². The van der Waals surface area contributed by atoms with Gasteiger partial charge in [-0.3, -0.25) is 20.4 Å². The average molecular weight is 403 g/mol. The zero-order chi connectivity index (χ0) is 19.8. The van der Waals surface area contributed by atoms with Crippen LogP contribution in [0.1, 0.15) is 41.4 Å². The number of anilines is 1. The minimum absolute atomic E-state index is 0.213. The normalized spacial score (nSPS) is 14.0. The van der Waals surface area contributed by atoms with Gasteiger partial charge < -0.3 is 9.64 Å². The van der Waals surface area contributed by atoms with E-state index in [9.17, 15) is 9.59 Å². The zero-order valence-corrected chi connectivity index (χ0v) is 16.9. The largest absolute Gasteiger partial charge is 0.378 e. The molecule has 1 fully saturated rings. The van der Waals surface area contributed by atoms with Gasteiger partial charge in [0.05, 0.1) is 19.6 Å². The molecule has 3 rings (SSSR count). The molecular formula is C20H26N4O3S. The topological polar surface area (TPSA) is 83.6 Å². The van der Waals surface area contributed by atoms with Gasteiger partial charge in [0.2, 0.25) is 5.91 Å². The number of nitrogens with one attached hydrogen (secondary N) is 2. The summed E-state index contributed by atoms with van der Waals surface area (Å²) in [7, 11) is 0. The standard InChI is InChI=1S/C20H26N4O3S/c1-2-3-4-15-5-7-16(8-6-15)13-18(25)22-23-19(26)17-14-28-20(21-17)24-9-11-27-12-10-24/h5-8,14H,2-4,9-13H2,1H3,(H,22,25)(H,23,26). The predicted molar refractivity (Wildman–Crippen MR) is 110 cm³/mol. The lowest BCUT2D eigenvalue weighted by Gasteiger charge is -2.25. The lowest BCUT2D eigenvalue weighted by atomic mass is 10.0. The SMILES string of the molecule is CCCCc1ccc(CC(=O)NNC(=O)c2csc(N3CCOCC3)n2)cc1. The fourth-order valence-corrected chi connectivity index (χ4v) is 3.75. The minimum atomic E-state index is -0.418. The van der Waals surface area contributed by atoms with Gasteiger partial charge in [-0.15, -0.1) is 11.3 Å². The van der Waals surface area contributed by atoms with E-state index in [1.54, 1.807) is 5.38 Å². The van der Waals surface area contributed by atoms with Crippen LogP contribution in [0.5, 0.6) is 0 Å². The third-order valence-electron chi connectivity index (χ3n) is 4.53. The maximum Gasteiger partial charge on any atom is 0.289 e. The zero-order valence-electron chi connectivity index (χ0n) is 16.1. The Kier molecular flexibility index (Phi) is 7.39. The Bertz CT molecular complexity index is 785. The molecule has 1 saturated heterocycles. The third kappa shape index (κ3) is 5.77. The molecule has 0 bridgehead atoms. The number of benzene rings is 1. The van der Waals surface area contributed by atoms with Crippen LogP contribution in [0.15, 0.2) is 29.6 Å². The van der Waals surface area contributed by atoms with Crippen molar-refractivity contribution in [1.29, 1.82) is 0 Å². The van der Waals surface area contributed by atoms with E-state index in [1.807, 2.05) is 12.1 Å². The summed E-state index contributed by atoms with van der Waals surface area (Å²) in [6.45, 7) is 5.03. The first kappa shape index (κ1) is 20.3. The van der Waals surface area contributed by atoms with Crippen LogP contribution in [0.4, 0.5) is 5.13 Å². The molecule has 0 atom stereocenters. The number of hydrogen-bond acceptors (Lipinski definition) is 6. The molecule has 1 aromatic heterocycles. The van der Waals surface area contributed by atoms with E-state index in [0.29, 0.717) is 18.9 Å². The fraction of sp³-hybridized carbons (Fsp3) is 0.450. The Morgan fingerprint density at radius 2 is 1.86 bits per heavy atom. The van der Waals surface area contributed by atoms with Crippen LogP contribution in [-0.2, 0) is 22.4 Å². The Balaban J connectivity index is 1.45. The molecule has 0 aliphatic carbocycles. The van der Waals surface area contributed by atoms with Crippen LogP contribution in [0.3, 0.4) is 0 Å². The van der Waals surface area contributed by atoms with E-state index in [0.717, 1.165) is 43.0 Å². The van der Waals surface area contributed by atoms with Gasteiger partial charge in [-0.1, -0.05) is 37.6 Å². The Morgan fingerprint density at radius 1 is 1.14 bits per heavy atom. The highest BCUT2D eigenvalue weighted by molar-refractivity contribution is 7.13. The van der Waals surface area contributed by atoms with Gasteiger partial charge in [-0.2, -0.15) is 0 Å². The molecule has 2 heterocycles. The Labute approximate surface area is 169 Å². The van der Waals surface area contributed by atoms with Crippen LogP contribution in [-0.4, -0.2) is 43.1 Å². The molecular weight excluding hydrogens is 376 g/mol. The summed E-state index contributed by atoms with van der Waals surface area (Å²) < 4.78 is 5.32. The highest BCUT2D eigenvalue weighted by Crippen LogP contribution is 2.21. The number of hydrogen-bond donors (Lipinski definition) is 2. The molecule has 0 unspecified atom stereocenters. The van der Waals surface area contributed by atoms with E-state index in [4.69, 9.17) is 4.74 Å². The van der Waals surface area contributed by atoms with Gasteiger partial charge in [0.15, 0.2) is 5.13 Å². The molecule has 1 aliphatic heterocycles. The number of thiazole rings is 1. The van der Waals surface area contributed by atoms with Crippen LogP contribution < -0.4 is 15.8 Å². The lowest BCUT2D eigenvalue weighted by molar-refractivity contribution is -0.121. The summed E-state index contributed by atoms with van der Waals surface area (Å²) in [5.74, 6) is -0.683. The number of rotatable bonds is 7. The smallest absolute Gasteiger partial charge is 0.289 e. The second-order valence-electron chi connectivity index (χ2n) is 6.71. The quantitative estimate of drug-likeness (QED) is 0.695. The molecule has 0 spiro atoms. The van der Waals surface area contributed by atoms with Crippen LogP contribution in [0.2, 0.25) is 0 Å². The molecule has 7 nitrogen and oxygen atoms in total. The number of carbonyl (C=O) groups is 2. The lowest BCUT2D eigenvalue weighted by Crippen LogP contribution is -2.42. The summed E-state index contributed by atoms with van der Waals surface area (Å²) in [5.41, 5.74) is 7.38. The van der Waals surface area contributed by atoms with Crippen molar-refractivity contribution in [3.63, 3.8) is 0 Å². The van der Waals surface area contributed by atoms with Crippen LogP contribution >= 0.6 is 11.3 Å². The maximum atomic E-state index is 12.2. The van der Waals surface area contributed by atoms with Crippen molar-refractivity contribution in [2.75, 3.05) is 31.2 Å². The Hall–Kier alpha value is -2.45. The van der Waals surface area contributed by atoms with E-state index in [2.05, 4.69) is 39.8 Å². The van der Waals surface area contributed by atoms with E-state index >= 15 is 0 Å². The van der Waals surface area contributed by atoms with Crippen molar-refractivity contribution in [1.82, 2.24) is 15.8 Å². The van der Waals surface area contributed by atoms with E-state index < -0.39 is 5.91 Å². The summed E-state index contributed by atoms with van der Waals surface area (Å²) in [6.07, 6.45) is 3.59. The first-order valence-electron chi connectivity index (χ1n) is 9.61. The number of aryl methyl sites for hydroxylation is 1. The molecule has 2 amide bonds. The van der Waals surface area contributed by atoms with Gasteiger partial charge in [0, 0.05) is 18.5 Å². The van der Waals surface area contributed by atoms with Crippen molar-refractivity contribution < 1.29 is 14.3 Å². The van der Waals surface area contributed by atoms with Crippen molar-refractivity contribution in [3.8, 4) is 0 Å². The number of hydrazine groups is 1. The summed E-state index contributed by atoms with van der Waals surface area (Å²) in [5, 5.41) is 2.49. The highest BCUT2D eigenvalue weighted by atomic mass is 32.1. The number of morpholine rings is 1. The first-order chi connectivity index (χ1) is 13.7. The van der Waals surface area contributed by atoms with E-state index in [1.165, 1.54) is 16.9 Å². The monoisotopic (exact) mass is 402 g/mol. The van der Waals surface area contributed by atoms with Gasteiger partial charge in [0.1, 0.15) is 5.69 Å². The molecule has 150 valence electrons. The van der Waals surface area contributed by atoms with Gasteiger partial charge in [0.25, 0.3) is 5.91 Å². The highest BCUT2D eigenvalue weighted by Gasteiger charge is 2.17. The second-order valence-corrected chi connectivity index (χ2v) is 7.55. The van der Waals surface area contributed by atoms with Gasteiger partial charge in [-0.05, 0) is 24.0 Å². The minimum Gasteiger partial charge on any atom is -0.378 e. The summed E-state index contributed by atoms with van der Waals surface area (Å²) in [6, 6.07) is 8.03. The van der Waals surface area contributed by atoms with Gasteiger partial charge in [-0.25, -0.2) is 4.98 Å². The molecule has 0 radical (unpaired) electrons. The number of ether oxygens (including phenoxy) is 1. The number of aromatic nitrogens is 1. The average Bonchev–Trinajstić information content (AvgIpc) is 3.22. The van der Waals surface area contributed by atoms with E-state index in [-0.39, 0.29) is 12.3 Å². The summed E-state index contributed by atoms with van der Waals surface area (Å²) in [4.78, 5) is 30.8. The first-order valence-corrected chi connectivity index (χ1v) is 10.5. The number of amides is 2. The Morgan fingerprint density at radius 3 is 2.57 bits per heavy atom. The molecule has 0 saturated carbocycles. The molecule has 2 aromatic rings. The number of nitrogens with zero attached hydrogens (tertiary/aromatic N) is 2. The van der Waals surface area contributed by atoms with Crippen LogP contribution in [0.25, 0.3) is 0 Å². The molecule has 8 heteroatoms. The number of carbonyl (C=O) groups excluding carboxylic acids is 2. The van der Waals surface area contributed by atoms with Crippen molar-refractivity contribution in [3.05, 3.63) is 46.5 Å². The van der Waals surface area contributed by atoms with Gasteiger partial charge >= 0.3 is 0 Å². The van der Waals surface area contributed by atoms with Crippen molar-refractivity contribution in [2.45, 2.75) is 32.6 Å². The molecule has 28 heavy (non-hydrogen) atoms.